The van der Waals surface area contributed by atoms with E-state index < -0.39 is 0 Å². The van der Waals surface area contributed by atoms with E-state index in [1.54, 1.807) is 0 Å². The lowest BCUT2D eigenvalue weighted by Gasteiger charge is -2.07. The van der Waals surface area contributed by atoms with Gasteiger partial charge in [-0.1, -0.05) is 20.3 Å². The largest absolute Gasteiger partial charge is 0.449 e. The summed E-state index contributed by atoms with van der Waals surface area (Å²) in [6.45, 7) is 8.76. The molecule has 0 aliphatic heterocycles. The lowest BCUT2D eigenvalue weighted by molar-refractivity contribution is 0.136. The number of ether oxygens (including phenoxy) is 1. The van der Waals surface area contributed by atoms with Gasteiger partial charge in [0.1, 0.15) is 0 Å². The van der Waals surface area contributed by atoms with Crippen LogP contribution in [0.1, 0.15) is 26.7 Å². The Morgan fingerprint density at radius 1 is 1.67 bits per heavy atom. The second-order valence-electron chi connectivity index (χ2n) is 2.98. The summed E-state index contributed by atoms with van der Waals surface area (Å²) in [7, 11) is 0. The zero-order chi connectivity index (χ0) is 9.40. The fraction of sp³-hybridized carbons (Fsp3) is 0.778. The Balaban J connectivity index is 3.22. The number of hydrogen-bond acceptors (Lipinski definition) is 2. The summed E-state index contributed by atoms with van der Waals surface area (Å²) in [4.78, 5) is 10.9. The number of carbonyl (C=O) groups excluding carboxylic acids is 1. The summed E-state index contributed by atoms with van der Waals surface area (Å²) in [5, 5.41) is 2.65. The topological polar surface area (TPSA) is 38.3 Å². The van der Waals surface area contributed by atoms with Crippen molar-refractivity contribution < 1.29 is 9.53 Å². The molecule has 71 valence electrons. The van der Waals surface area contributed by atoms with E-state index in [0.717, 1.165) is 12.8 Å². The normalized spacial score (nSPS) is 10.0. The molecule has 1 radical (unpaired) electrons. The third-order valence-electron chi connectivity index (χ3n) is 1.30. The Morgan fingerprint density at radius 2 is 2.33 bits per heavy atom. The van der Waals surface area contributed by atoms with Crippen molar-refractivity contribution in [3.8, 4) is 0 Å². The van der Waals surface area contributed by atoms with E-state index in [1.807, 2.05) is 6.92 Å². The fourth-order valence-corrected chi connectivity index (χ4v) is 0.636. The summed E-state index contributed by atoms with van der Waals surface area (Å²) < 4.78 is 4.84. The zero-order valence-electron chi connectivity index (χ0n) is 7.93. The number of rotatable bonds is 5. The van der Waals surface area contributed by atoms with Crippen molar-refractivity contribution >= 4 is 6.09 Å². The van der Waals surface area contributed by atoms with E-state index in [0.29, 0.717) is 13.2 Å². The van der Waals surface area contributed by atoms with Crippen LogP contribution in [0.5, 0.6) is 0 Å². The van der Waals surface area contributed by atoms with Crippen LogP contribution in [0.25, 0.3) is 0 Å². The molecule has 0 aliphatic rings. The van der Waals surface area contributed by atoms with Gasteiger partial charge < -0.3 is 10.1 Å². The summed E-state index contributed by atoms with van der Waals surface area (Å²) in [6, 6.07) is 0. The van der Waals surface area contributed by atoms with Crippen LogP contribution < -0.4 is 5.32 Å². The van der Waals surface area contributed by atoms with Gasteiger partial charge in [0.25, 0.3) is 0 Å². The van der Waals surface area contributed by atoms with Gasteiger partial charge >= 0.3 is 6.09 Å². The van der Waals surface area contributed by atoms with Crippen LogP contribution in [-0.4, -0.2) is 19.2 Å². The lowest BCUT2D eigenvalue weighted by atomic mass is 10.2. The molecule has 0 saturated carbocycles. The van der Waals surface area contributed by atoms with Gasteiger partial charge in [-0.05, 0) is 19.3 Å². The minimum Gasteiger partial charge on any atom is -0.449 e. The molecular weight excluding hydrogens is 154 g/mol. The molecule has 0 heterocycles. The van der Waals surface area contributed by atoms with Crippen molar-refractivity contribution in [3.63, 3.8) is 0 Å². The summed E-state index contributed by atoms with van der Waals surface area (Å²) >= 11 is 0. The van der Waals surface area contributed by atoms with Gasteiger partial charge in [0, 0.05) is 6.54 Å². The van der Waals surface area contributed by atoms with E-state index in [4.69, 9.17) is 4.74 Å². The van der Waals surface area contributed by atoms with Gasteiger partial charge in [-0.3, -0.25) is 0 Å². The van der Waals surface area contributed by atoms with Crippen molar-refractivity contribution in [2.24, 2.45) is 5.92 Å². The van der Waals surface area contributed by atoms with Crippen LogP contribution in [0.15, 0.2) is 0 Å². The molecule has 0 aromatic carbocycles. The lowest BCUT2D eigenvalue weighted by Crippen LogP contribution is -2.26. The first-order valence-corrected chi connectivity index (χ1v) is 4.40. The van der Waals surface area contributed by atoms with Crippen LogP contribution in [0.2, 0.25) is 0 Å². The Bertz CT molecular complexity index is 124. The predicted octanol–water partition coefficient (Wildman–Crippen LogP) is 1.98. The highest BCUT2D eigenvalue weighted by molar-refractivity contribution is 5.66. The number of alkyl carbamates (subject to hydrolysis) is 1. The summed E-state index contributed by atoms with van der Waals surface area (Å²) in [5.74, 6) is 0.155. The second-order valence-corrected chi connectivity index (χ2v) is 2.98. The Morgan fingerprint density at radius 3 is 2.83 bits per heavy atom. The fourth-order valence-electron chi connectivity index (χ4n) is 0.636. The van der Waals surface area contributed by atoms with Crippen LogP contribution in [0.4, 0.5) is 4.79 Å². The number of nitrogens with one attached hydrogen (secondary N) is 1. The Hall–Kier alpha value is -0.730. The van der Waals surface area contributed by atoms with E-state index in [9.17, 15) is 4.79 Å². The number of carbonyl (C=O) groups is 1. The van der Waals surface area contributed by atoms with Crippen molar-refractivity contribution in [2.45, 2.75) is 26.7 Å². The van der Waals surface area contributed by atoms with Crippen molar-refractivity contribution in [2.75, 3.05) is 13.2 Å². The van der Waals surface area contributed by atoms with E-state index in [1.165, 1.54) is 0 Å². The molecule has 3 nitrogen and oxygen atoms in total. The maximum absolute atomic E-state index is 10.9. The smallest absolute Gasteiger partial charge is 0.407 e. The molecule has 0 spiro atoms. The third kappa shape index (κ3) is 7.38. The molecule has 0 aromatic rings. The minimum atomic E-state index is -0.334. The van der Waals surface area contributed by atoms with E-state index >= 15 is 0 Å². The molecule has 1 unspecified atom stereocenters. The quantitative estimate of drug-likeness (QED) is 0.644. The van der Waals surface area contributed by atoms with Gasteiger partial charge in [-0.2, -0.15) is 0 Å². The van der Waals surface area contributed by atoms with E-state index in [2.05, 4.69) is 19.2 Å². The van der Waals surface area contributed by atoms with Crippen LogP contribution in [-0.2, 0) is 4.74 Å². The molecule has 0 saturated heterocycles. The van der Waals surface area contributed by atoms with E-state index in [-0.39, 0.29) is 12.0 Å². The van der Waals surface area contributed by atoms with Crippen molar-refractivity contribution in [1.82, 2.24) is 5.32 Å². The van der Waals surface area contributed by atoms with Gasteiger partial charge in [0.2, 0.25) is 0 Å². The average molecular weight is 172 g/mol. The molecule has 3 heteroatoms. The number of unbranched alkanes of at least 4 members (excludes halogenated alkanes) is 1. The Labute approximate surface area is 74.5 Å². The van der Waals surface area contributed by atoms with Gasteiger partial charge in [0.05, 0.1) is 6.61 Å². The molecule has 0 bridgehead atoms. The molecule has 1 atom stereocenters. The molecule has 1 amide bonds. The second kappa shape index (κ2) is 6.95. The number of amides is 1. The first kappa shape index (κ1) is 11.3. The van der Waals surface area contributed by atoms with Crippen LogP contribution in [0.3, 0.4) is 0 Å². The summed E-state index contributed by atoms with van der Waals surface area (Å²) in [5.41, 5.74) is 0. The predicted molar refractivity (Wildman–Crippen MR) is 48.8 cm³/mol. The maximum Gasteiger partial charge on any atom is 0.407 e. The molecule has 12 heavy (non-hydrogen) atoms. The van der Waals surface area contributed by atoms with Gasteiger partial charge in [-0.25, -0.2) is 4.79 Å². The SMILES string of the molecule is [CH2]C(C)COC(=O)NCCCC. The Kier molecular flexibility index (Phi) is 6.53. The minimum absolute atomic E-state index is 0.155. The molecule has 0 aliphatic carbocycles. The van der Waals surface area contributed by atoms with Crippen molar-refractivity contribution in [1.29, 1.82) is 0 Å². The molecular formula is C9H18NO2. The first-order chi connectivity index (χ1) is 5.66. The highest BCUT2D eigenvalue weighted by Gasteiger charge is 2.01. The van der Waals surface area contributed by atoms with Crippen LogP contribution >= 0.6 is 0 Å². The molecule has 0 aromatic heterocycles. The number of hydrogen-bond donors (Lipinski definition) is 1. The first-order valence-electron chi connectivity index (χ1n) is 4.40. The summed E-state index contributed by atoms with van der Waals surface area (Å²) in [6.07, 6.45) is 1.74. The molecule has 0 fully saturated rings. The van der Waals surface area contributed by atoms with Crippen molar-refractivity contribution in [3.05, 3.63) is 6.92 Å². The highest BCUT2D eigenvalue weighted by Crippen LogP contribution is 1.92. The van der Waals surface area contributed by atoms with Gasteiger partial charge in [-0.15, -0.1) is 0 Å². The van der Waals surface area contributed by atoms with Gasteiger partial charge in [0.15, 0.2) is 0 Å². The zero-order valence-corrected chi connectivity index (χ0v) is 7.93. The molecule has 1 N–H and O–H groups in total. The van der Waals surface area contributed by atoms with Crippen LogP contribution in [0, 0.1) is 12.8 Å². The highest BCUT2D eigenvalue weighted by atomic mass is 16.5. The monoisotopic (exact) mass is 172 g/mol. The third-order valence-corrected chi connectivity index (χ3v) is 1.30. The average Bonchev–Trinajstić information content (AvgIpc) is 2.01. The molecule has 0 rings (SSSR count). The standard InChI is InChI=1S/C9H18NO2/c1-4-5-6-10-9(11)12-7-8(2)3/h8H,2,4-7H2,1,3H3,(H,10,11). The maximum atomic E-state index is 10.9.